The van der Waals surface area contributed by atoms with Crippen LogP contribution in [0, 0.1) is 0 Å². The molecule has 2 heterocycles. The van der Waals surface area contributed by atoms with Crippen molar-refractivity contribution in [1.82, 2.24) is 4.90 Å². The summed E-state index contributed by atoms with van der Waals surface area (Å²) in [6, 6.07) is 4.61. The van der Waals surface area contributed by atoms with E-state index in [1.807, 2.05) is 0 Å². The second-order valence-electron chi connectivity index (χ2n) is 8.12. The zero-order valence-corrected chi connectivity index (χ0v) is 18.2. The Bertz CT molecular complexity index is 931. The van der Waals surface area contributed by atoms with Crippen LogP contribution in [-0.4, -0.2) is 63.0 Å². The van der Waals surface area contributed by atoms with Crippen molar-refractivity contribution in [2.75, 3.05) is 36.6 Å². The number of allylic oxidation sites excluding steroid dienone is 1. The highest BCUT2D eigenvalue weighted by Gasteiger charge is 2.49. The molecule has 8 heteroatoms. The minimum absolute atomic E-state index is 0.00769. The van der Waals surface area contributed by atoms with E-state index in [1.54, 1.807) is 23.1 Å². The van der Waals surface area contributed by atoms with Gasteiger partial charge in [-0.3, -0.25) is 9.69 Å². The third kappa shape index (κ3) is 4.32. The molecule has 0 bridgehead atoms. The number of nitrogens with zero attached hydrogens (tertiary/aromatic N) is 2. The standard InChI is InChI=1S/C21H27ClN2O4S/c1-28-20-8-7-16(11-17(20)22)24-19-14-29(26,27)13-18(19)23(12-21(24)25)10-9-15-5-3-2-4-6-15/h5,7-8,11,18-19H,2-4,6,9-10,12-14H2,1H3/t18-,19+/m1/s1. The maximum atomic E-state index is 13.1. The number of carbonyl (C=O) groups excluding carboxylic acids is 1. The Kier molecular flexibility index (Phi) is 5.91. The molecule has 29 heavy (non-hydrogen) atoms. The summed E-state index contributed by atoms with van der Waals surface area (Å²) in [4.78, 5) is 16.8. The van der Waals surface area contributed by atoms with Gasteiger partial charge in [0.15, 0.2) is 9.84 Å². The van der Waals surface area contributed by atoms with Gasteiger partial charge in [0.2, 0.25) is 5.91 Å². The fourth-order valence-corrected chi connectivity index (χ4v) is 7.00. The van der Waals surface area contributed by atoms with Crippen molar-refractivity contribution in [3.63, 3.8) is 0 Å². The van der Waals surface area contributed by atoms with Gasteiger partial charge in [0, 0.05) is 18.3 Å². The molecule has 0 radical (unpaired) electrons. The highest BCUT2D eigenvalue weighted by molar-refractivity contribution is 7.91. The molecule has 3 aliphatic rings. The number of fused-ring (bicyclic) bond motifs is 1. The molecule has 2 saturated heterocycles. The van der Waals surface area contributed by atoms with Crippen LogP contribution >= 0.6 is 11.6 Å². The second kappa shape index (κ2) is 8.28. The van der Waals surface area contributed by atoms with Crippen LogP contribution in [0.4, 0.5) is 5.69 Å². The van der Waals surface area contributed by atoms with E-state index < -0.39 is 9.84 Å². The summed E-state index contributed by atoms with van der Waals surface area (Å²) >= 11 is 6.26. The highest BCUT2D eigenvalue weighted by atomic mass is 35.5. The Morgan fingerprint density at radius 1 is 1.21 bits per heavy atom. The Hall–Kier alpha value is -1.57. The summed E-state index contributed by atoms with van der Waals surface area (Å²) in [5, 5.41) is 0.405. The molecule has 2 fully saturated rings. The number of methoxy groups -OCH3 is 1. The van der Waals surface area contributed by atoms with Gasteiger partial charge in [-0.25, -0.2) is 8.42 Å². The second-order valence-corrected chi connectivity index (χ2v) is 10.7. The Morgan fingerprint density at radius 2 is 2.00 bits per heavy atom. The smallest absolute Gasteiger partial charge is 0.241 e. The predicted molar refractivity (Wildman–Crippen MR) is 114 cm³/mol. The van der Waals surface area contributed by atoms with Crippen molar-refractivity contribution < 1.29 is 17.9 Å². The molecule has 2 atom stereocenters. The average Bonchev–Trinajstić information content (AvgIpc) is 3.01. The number of piperazine rings is 1. The summed E-state index contributed by atoms with van der Waals surface area (Å²) in [6.07, 6.45) is 7.92. The number of rotatable bonds is 5. The molecule has 1 aromatic carbocycles. The van der Waals surface area contributed by atoms with Crippen LogP contribution in [0.3, 0.4) is 0 Å². The first-order chi connectivity index (χ1) is 13.9. The summed E-state index contributed by atoms with van der Waals surface area (Å²) < 4.78 is 30.2. The third-order valence-corrected chi connectivity index (χ3v) is 8.21. The molecule has 0 saturated carbocycles. The molecule has 0 aromatic heterocycles. The SMILES string of the molecule is COc1ccc(N2C(=O)CN(CCC3=CCCCC3)[C@@H]3CS(=O)(=O)C[C@@H]32)cc1Cl. The van der Waals surface area contributed by atoms with Crippen molar-refractivity contribution in [1.29, 1.82) is 0 Å². The van der Waals surface area contributed by atoms with Crippen LogP contribution < -0.4 is 9.64 Å². The fourth-order valence-electron chi connectivity index (χ4n) is 4.76. The predicted octanol–water partition coefficient (Wildman–Crippen LogP) is 3.05. The van der Waals surface area contributed by atoms with Gasteiger partial charge in [0.05, 0.1) is 36.2 Å². The monoisotopic (exact) mass is 438 g/mol. The summed E-state index contributed by atoms with van der Waals surface area (Å²) in [5.74, 6) is 0.538. The third-order valence-electron chi connectivity index (χ3n) is 6.22. The Morgan fingerprint density at radius 3 is 2.69 bits per heavy atom. The molecule has 2 aliphatic heterocycles. The number of amides is 1. The van der Waals surface area contributed by atoms with Gasteiger partial charge in [0.1, 0.15) is 5.75 Å². The van der Waals surface area contributed by atoms with Gasteiger partial charge < -0.3 is 9.64 Å². The van der Waals surface area contributed by atoms with E-state index in [-0.39, 0.29) is 36.0 Å². The van der Waals surface area contributed by atoms with Crippen LogP contribution in [-0.2, 0) is 14.6 Å². The Balaban J connectivity index is 1.58. The minimum atomic E-state index is -3.20. The van der Waals surface area contributed by atoms with Crippen molar-refractivity contribution in [3.8, 4) is 5.75 Å². The fraction of sp³-hybridized carbons (Fsp3) is 0.571. The van der Waals surface area contributed by atoms with E-state index in [1.165, 1.54) is 25.5 Å². The van der Waals surface area contributed by atoms with Gasteiger partial charge in [-0.1, -0.05) is 23.3 Å². The number of anilines is 1. The summed E-state index contributed by atoms with van der Waals surface area (Å²) in [5.41, 5.74) is 2.06. The van der Waals surface area contributed by atoms with Crippen LogP contribution in [0.2, 0.25) is 5.02 Å². The number of hydrogen-bond donors (Lipinski definition) is 0. The molecule has 1 aliphatic carbocycles. The van der Waals surface area contributed by atoms with Crippen LogP contribution in [0.5, 0.6) is 5.75 Å². The summed E-state index contributed by atoms with van der Waals surface area (Å²) in [6.45, 7) is 0.957. The van der Waals surface area contributed by atoms with Crippen molar-refractivity contribution >= 4 is 33.0 Å². The lowest BCUT2D eigenvalue weighted by atomic mass is 9.96. The van der Waals surface area contributed by atoms with Crippen LogP contribution in [0.15, 0.2) is 29.8 Å². The largest absolute Gasteiger partial charge is 0.495 e. The number of ether oxygens (including phenoxy) is 1. The molecule has 0 unspecified atom stereocenters. The molecular formula is C21H27ClN2O4S. The highest BCUT2D eigenvalue weighted by Crippen LogP contribution is 2.35. The van der Waals surface area contributed by atoms with Gasteiger partial charge in [-0.15, -0.1) is 0 Å². The Labute approximate surface area is 177 Å². The first-order valence-electron chi connectivity index (χ1n) is 10.2. The molecule has 1 aromatic rings. The molecule has 4 rings (SSSR count). The van der Waals surface area contributed by atoms with Crippen molar-refractivity contribution in [3.05, 3.63) is 34.9 Å². The lowest BCUT2D eigenvalue weighted by Gasteiger charge is -2.43. The van der Waals surface area contributed by atoms with E-state index in [0.717, 1.165) is 25.8 Å². The van der Waals surface area contributed by atoms with E-state index in [9.17, 15) is 13.2 Å². The maximum absolute atomic E-state index is 13.1. The van der Waals surface area contributed by atoms with Crippen LogP contribution in [0.1, 0.15) is 32.1 Å². The number of carbonyl (C=O) groups is 1. The first-order valence-corrected chi connectivity index (χ1v) is 12.4. The van der Waals surface area contributed by atoms with E-state index >= 15 is 0 Å². The molecule has 158 valence electrons. The molecule has 0 N–H and O–H groups in total. The van der Waals surface area contributed by atoms with Crippen molar-refractivity contribution in [2.24, 2.45) is 0 Å². The first kappa shape index (κ1) is 20.7. The van der Waals surface area contributed by atoms with E-state index in [4.69, 9.17) is 16.3 Å². The van der Waals surface area contributed by atoms with Gasteiger partial charge in [-0.2, -0.15) is 0 Å². The number of hydrogen-bond acceptors (Lipinski definition) is 5. The normalized spacial score (nSPS) is 26.9. The number of benzene rings is 1. The van der Waals surface area contributed by atoms with Crippen LogP contribution in [0.25, 0.3) is 0 Å². The van der Waals surface area contributed by atoms with Gasteiger partial charge in [0.25, 0.3) is 0 Å². The number of halogens is 1. The number of sulfone groups is 1. The lowest BCUT2D eigenvalue weighted by molar-refractivity contribution is -0.123. The average molecular weight is 439 g/mol. The van der Waals surface area contributed by atoms with Gasteiger partial charge in [-0.05, 0) is 50.3 Å². The molecule has 6 nitrogen and oxygen atoms in total. The zero-order chi connectivity index (χ0) is 20.6. The maximum Gasteiger partial charge on any atom is 0.241 e. The van der Waals surface area contributed by atoms with Gasteiger partial charge >= 0.3 is 0 Å². The summed E-state index contributed by atoms with van der Waals surface area (Å²) in [7, 11) is -1.67. The minimum Gasteiger partial charge on any atom is -0.495 e. The van der Waals surface area contributed by atoms with Crippen molar-refractivity contribution in [2.45, 2.75) is 44.2 Å². The molecule has 0 spiro atoms. The molecule has 1 amide bonds. The zero-order valence-electron chi connectivity index (χ0n) is 16.6. The van der Waals surface area contributed by atoms with E-state index in [2.05, 4.69) is 11.0 Å². The molecular weight excluding hydrogens is 412 g/mol. The van der Waals surface area contributed by atoms with E-state index in [0.29, 0.717) is 16.5 Å². The quantitative estimate of drug-likeness (QED) is 0.661. The lowest BCUT2D eigenvalue weighted by Crippen LogP contribution is -2.62. The topological polar surface area (TPSA) is 66.9 Å².